The van der Waals surface area contributed by atoms with Crippen LogP contribution in [0.2, 0.25) is 0 Å². The number of aryl methyl sites for hydroxylation is 1. The molecule has 7 heteroatoms. The Bertz CT molecular complexity index is 882. The number of hydrogen-bond acceptors (Lipinski definition) is 4. The minimum Gasteiger partial charge on any atom is -0.444 e. The van der Waals surface area contributed by atoms with Gasteiger partial charge in [0.15, 0.2) is 0 Å². The fourth-order valence-electron chi connectivity index (χ4n) is 3.39. The number of carbonyl (C=O) groups excluding carboxylic acids is 2. The molecule has 1 aliphatic heterocycles. The molecule has 2 aromatic rings. The number of aromatic nitrogens is 1. The molecule has 0 saturated carbocycles. The Labute approximate surface area is 165 Å². The second-order valence-electron chi connectivity index (χ2n) is 8.19. The minimum atomic E-state index is -0.501. The van der Waals surface area contributed by atoms with Crippen LogP contribution in [0.15, 0.2) is 30.3 Å². The Morgan fingerprint density at radius 2 is 2.00 bits per heavy atom. The summed E-state index contributed by atoms with van der Waals surface area (Å²) in [6.07, 6.45) is 0.556. The number of nitrogens with zero attached hydrogens (tertiary/aromatic N) is 1. The summed E-state index contributed by atoms with van der Waals surface area (Å²) >= 11 is 0. The topological polar surface area (TPSA) is 100 Å². The number of likely N-dealkylation sites (tertiary alicyclic amines) is 1. The number of benzene rings is 1. The third-order valence-corrected chi connectivity index (χ3v) is 4.70. The molecule has 1 atom stereocenters. The molecule has 1 aromatic carbocycles. The van der Waals surface area contributed by atoms with Crippen LogP contribution in [0.1, 0.15) is 43.2 Å². The summed E-state index contributed by atoms with van der Waals surface area (Å²) in [5.74, 6) is -0.450. The number of carbonyl (C=O) groups is 2. The fourth-order valence-corrected chi connectivity index (χ4v) is 3.39. The highest BCUT2D eigenvalue weighted by Crippen LogP contribution is 2.30. The van der Waals surface area contributed by atoms with Crippen LogP contribution in [-0.4, -0.2) is 46.6 Å². The lowest BCUT2D eigenvalue weighted by atomic mass is 10.1. The van der Waals surface area contributed by atoms with Crippen LogP contribution in [0.3, 0.4) is 0 Å². The SMILES string of the molecule is Cc1[nH]c(-c2ccccc2N[C@H]2CCN(C(=O)OC(C)(C)C)C2)cc1C(N)=O. The molecule has 0 spiro atoms. The van der Waals surface area contributed by atoms with E-state index in [1.165, 1.54) is 0 Å². The number of nitrogens with two attached hydrogens (primary N) is 1. The van der Waals surface area contributed by atoms with E-state index in [1.54, 1.807) is 11.0 Å². The molecule has 1 aliphatic rings. The number of ether oxygens (including phenoxy) is 1. The normalized spacial score (nSPS) is 16.9. The van der Waals surface area contributed by atoms with Gasteiger partial charge in [-0.1, -0.05) is 18.2 Å². The molecule has 7 nitrogen and oxygen atoms in total. The summed E-state index contributed by atoms with van der Waals surface area (Å²) < 4.78 is 5.46. The van der Waals surface area contributed by atoms with E-state index in [0.29, 0.717) is 18.7 Å². The van der Waals surface area contributed by atoms with Crippen LogP contribution in [0.5, 0.6) is 0 Å². The van der Waals surface area contributed by atoms with Crippen molar-refractivity contribution in [3.8, 4) is 11.3 Å². The van der Waals surface area contributed by atoms with Crippen molar-refractivity contribution in [2.45, 2.75) is 45.8 Å². The zero-order chi connectivity index (χ0) is 20.5. The van der Waals surface area contributed by atoms with Gasteiger partial charge in [-0.15, -0.1) is 0 Å². The molecule has 0 bridgehead atoms. The molecule has 4 N–H and O–H groups in total. The Morgan fingerprint density at radius 3 is 2.64 bits per heavy atom. The summed E-state index contributed by atoms with van der Waals surface area (Å²) in [4.78, 5) is 28.8. The Kier molecular flexibility index (Phi) is 5.36. The van der Waals surface area contributed by atoms with Crippen molar-refractivity contribution < 1.29 is 14.3 Å². The Balaban J connectivity index is 1.74. The third-order valence-electron chi connectivity index (χ3n) is 4.70. The Morgan fingerprint density at radius 1 is 1.29 bits per heavy atom. The van der Waals surface area contributed by atoms with Crippen molar-refractivity contribution in [2.24, 2.45) is 5.73 Å². The average molecular weight is 384 g/mol. The van der Waals surface area contributed by atoms with Gasteiger partial charge < -0.3 is 25.7 Å². The van der Waals surface area contributed by atoms with Gasteiger partial charge in [-0.25, -0.2) is 4.79 Å². The summed E-state index contributed by atoms with van der Waals surface area (Å²) in [6, 6.07) is 9.78. The molecule has 2 heterocycles. The van der Waals surface area contributed by atoms with Crippen molar-refractivity contribution in [2.75, 3.05) is 18.4 Å². The molecule has 1 fully saturated rings. The van der Waals surface area contributed by atoms with Gasteiger partial charge >= 0.3 is 6.09 Å². The van der Waals surface area contributed by atoms with Gasteiger partial charge in [-0.05, 0) is 46.2 Å². The van der Waals surface area contributed by atoms with Crippen molar-refractivity contribution in [3.05, 3.63) is 41.6 Å². The maximum atomic E-state index is 12.3. The standard InChI is InChI=1S/C21H28N4O3/c1-13-16(19(22)26)11-18(23-13)15-7-5-6-8-17(15)24-14-9-10-25(12-14)20(27)28-21(2,3)4/h5-8,11,14,23-24H,9-10,12H2,1-4H3,(H2,22,26)/t14-/m0/s1. The van der Waals surface area contributed by atoms with Crippen LogP contribution < -0.4 is 11.1 Å². The molecule has 1 saturated heterocycles. The van der Waals surface area contributed by atoms with Gasteiger partial charge in [0.2, 0.25) is 0 Å². The predicted molar refractivity (Wildman–Crippen MR) is 109 cm³/mol. The van der Waals surface area contributed by atoms with Crippen molar-refractivity contribution in [3.63, 3.8) is 0 Å². The van der Waals surface area contributed by atoms with Crippen LogP contribution in [0.4, 0.5) is 10.5 Å². The highest BCUT2D eigenvalue weighted by molar-refractivity contribution is 5.96. The summed E-state index contributed by atoms with van der Waals surface area (Å²) in [5, 5.41) is 3.53. The highest BCUT2D eigenvalue weighted by Gasteiger charge is 2.30. The number of amides is 2. The molecular formula is C21H28N4O3. The van der Waals surface area contributed by atoms with E-state index in [4.69, 9.17) is 10.5 Å². The average Bonchev–Trinajstić information content (AvgIpc) is 3.21. The molecule has 1 aromatic heterocycles. The number of nitrogens with one attached hydrogen (secondary N) is 2. The van der Waals surface area contributed by atoms with Crippen molar-refractivity contribution >= 4 is 17.7 Å². The molecule has 3 rings (SSSR count). The number of para-hydroxylation sites is 1. The van der Waals surface area contributed by atoms with Gasteiger partial charge in [0.05, 0.1) is 5.56 Å². The van der Waals surface area contributed by atoms with E-state index in [0.717, 1.165) is 29.1 Å². The molecule has 150 valence electrons. The zero-order valence-electron chi connectivity index (χ0n) is 16.8. The fraction of sp³-hybridized carbons (Fsp3) is 0.429. The van der Waals surface area contributed by atoms with E-state index >= 15 is 0 Å². The second kappa shape index (κ2) is 7.58. The van der Waals surface area contributed by atoms with E-state index in [1.807, 2.05) is 52.0 Å². The van der Waals surface area contributed by atoms with Crippen LogP contribution in [-0.2, 0) is 4.74 Å². The largest absolute Gasteiger partial charge is 0.444 e. The third kappa shape index (κ3) is 4.47. The highest BCUT2D eigenvalue weighted by atomic mass is 16.6. The number of primary amides is 1. The maximum Gasteiger partial charge on any atom is 0.410 e. The van der Waals surface area contributed by atoms with Gasteiger partial charge in [-0.2, -0.15) is 0 Å². The molecular weight excluding hydrogens is 356 g/mol. The van der Waals surface area contributed by atoms with Crippen LogP contribution in [0.25, 0.3) is 11.3 Å². The lowest BCUT2D eigenvalue weighted by Gasteiger charge is -2.24. The molecule has 2 amide bonds. The van der Waals surface area contributed by atoms with Crippen molar-refractivity contribution in [1.29, 1.82) is 0 Å². The smallest absolute Gasteiger partial charge is 0.410 e. The number of anilines is 1. The predicted octanol–water partition coefficient (Wildman–Crippen LogP) is 3.51. The first-order valence-electron chi connectivity index (χ1n) is 9.47. The van der Waals surface area contributed by atoms with E-state index in [-0.39, 0.29) is 12.1 Å². The lowest BCUT2D eigenvalue weighted by molar-refractivity contribution is 0.0293. The minimum absolute atomic E-state index is 0.125. The summed E-state index contributed by atoms with van der Waals surface area (Å²) in [7, 11) is 0. The second-order valence-corrected chi connectivity index (χ2v) is 8.19. The molecule has 28 heavy (non-hydrogen) atoms. The summed E-state index contributed by atoms with van der Waals surface area (Å²) in [5.41, 5.74) is 8.89. The first kappa shape index (κ1) is 19.8. The van der Waals surface area contributed by atoms with Crippen molar-refractivity contribution in [1.82, 2.24) is 9.88 Å². The van der Waals surface area contributed by atoms with E-state index in [2.05, 4.69) is 10.3 Å². The number of H-pyrrole nitrogens is 1. The monoisotopic (exact) mass is 384 g/mol. The first-order valence-corrected chi connectivity index (χ1v) is 9.47. The van der Waals surface area contributed by atoms with Gasteiger partial charge in [0.1, 0.15) is 5.60 Å². The molecule has 0 aliphatic carbocycles. The van der Waals surface area contributed by atoms with E-state index in [9.17, 15) is 9.59 Å². The lowest BCUT2D eigenvalue weighted by Crippen LogP contribution is -2.36. The number of rotatable bonds is 4. The van der Waals surface area contributed by atoms with Gasteiger partial charge in [0, 0.05) is 41.8 Å². The van der Waals surface area contributed by atoms with Gasteiger partial charge in [0.25, 0.3) is 5.91 Å². The molecule has 0 unspecified atom stereocenters. The summed E-state index contributed by atoms with van der Waals surface area (Å²) in [6.45, 7) is 8.67. The number of hydrogen-bond donors (Lipinski definition) is 3. The van der Waals surface area contributed by atoms with Crippen LogP contribution in [0, 0.1) is 6.92 Å². The quantitative estimate of drug-likeness (QED) is 0.751. The molecule has 0 radical (unpaired) electrons. The van der Waals surface area contributed by atoms with Gasteiger partial charge in [-0.3, -0.25) is 4.79 Å². The van der Waals surface area contributed by atoms with E-state index < -0.39 is 11.5 Å². The first-order chi connectivity index (χ1) is 13.1. The number of aromatic amines is 1. The Hall–Kier alpha value is -2.96. The van der Waals surface area contributed by atoms with Crippen LogP contribution >= 0.6 is 0 Å². The zero-order valence-corrected chi connectivity index (χ0v) is 16.8. The maximum absolute atomic E-state index is 12.3.